The Balaban J connectivity index is 2.66. The average molecular weight is 259 g/mol. The molecule has 0 aliphatic rings. The number of halogens is 2. The molecular weight excluding hydrogens is 252 g/mol. The zero-order valence-electron chi connectivity index (χ0n) is 8.59. The first-order valence-electron chi connectivity index (χ1n) is 4.50. The Morgan fingerprint density at radius 3 is 2.76 bits per heavy atom. The SMILES string of the molecule is CC(F)(F)c1c(C(=O)O)cnn1-c1nccs1. The van der Waals surface area contributed by atoms with Crippen LogP contribution >= 0.6 is 11.3 Å². The van der Waals surface area contributed by atoms with Gasteiger partial charge in [-0.15, -0.1) is 11.3 Å². The number of carbonyl (C=O) groups is 1. The predicted octanol–water partition coefficient (Wildman–Crippen LogP) is 2.14. The fourth-order valence-electron chi connectivity index (χ4n) is 1.39. The summed E-state index contributed by atoms with van der Waals surface area (Å²) in [5.74, 6) is -4.75. The van der Waals surface area contributed by atoms with Crippen LogP contribution in [0.15, 0.2) is 17.8 Å². The standard InChI is InChI=1S/C9H7F2N3O2S/c1-9(10,11)6-5(7(15)16)4-13-14(6)8-12-2-3-17-8/h2-4H,1H3,(H,15,16). The van der Waals surface area contributed by atoms with Gasteiger partial charge in [0.25, 0.3) is 5.92 Å². The van der Waals surface area contributed by atoms with Crippen molar-refractivity contribution in [3.8, 4) is 5.13 Å². The Labute approximate surface area is 98.3 Å². The van der Waals surface area contributed by atoms with Crippen molar-refractivity contribution in [2.45, 2.75) is 12.8 Å². The van der Waals surface area contributed by atoms with Crippen molar-refractivity contribution in [1.82, 2.24) is 14.8 Å². The molecule has 0 aliphatic heterocycles. The maximum Gasteiger partial charge on any atom is 0.339 e. The van der Waals surface area contributed by atoms with Gasteiger partial charge in [-0.3, -0.25) is 0 Å². The van der Waals surface area contributed by atoms with Gasteiger partial charge in [0, 0.05) is 18.5 Å². The van der Waals surface area contributed by atoms with Crippen molar-refractivity contribution in [1.29, 1.82) is 0 Å². The molecule has 0 spiro atoms. The third kappa shape index (κ3) is 2.03. The van der Waals surface area contributed by atoms with Gasteiger partial charge in [-0.25, -0.2) is 14.5 Å². The first-order valence-corrected chi connectivity index (χ1v) is 5.38. The van der Waals surface area contributed by atoms with Crippen LogP contribution in [0.1, 0.15) is 23.0 Å². The van der Waals surface area contributed by atoms with Crippen LogP contribution in [-0.4, -0.2) is 25.8 Å². The molecule has 1 N–H and O–H groups in total. The number of rotatable bonds is 3. The van der Waals surface area contributed by atoms with Gasteiger partial charge in [-0.2, -0.15) is 13.9 Å². The number of carboxylic acids is 1. The Morgan fingerprint density at radius 2 is 2.29 bits per heavy atom. The highest BCUT2D eigenvalue weighted by molar-refractivity contribution is 7.12. The van der Waals surface area contributed by atoms with E-state index >= 15 is 0 Å². The average Bonchev–Trinajstić information content (AvgIpc) is 2.85. The fourth-order valence-corrected chi connectivity index (χ4v) is 2.00. The summed E-state index contributed by atoms with van der Waals surface area (Å²) in [4.78, 5) is 14.7. The molecule has 2 rings (SSSR count). The van der Waals surface area contributed by atoms with Crippen LogP contribution in [0.5, 0.6) is 0 Å². The topological polar surface area (TPSA) is 68.0 Å². The second-order valence-electron chi connectivity index (χ2n) is 3.33. The molecule has 2 aromatic rings. The van der Waals surface area contributed by atoms with E-state index in [1.807, 2.05) is 0 Å². The molecule has 0 atom stereocenters. The minimum atomic E-state index is -3.31. The van der Waals surface area contributed by atoms with E-state index < -0.39 is 23.1 Å². The molecule has 0 saturated carbocycles. The Hall–Kier alpha value is -1.83. The number of carboxylic acid groups (broad SMARTS) is 1. The van der Waals surface area contributed by atoms with Crippen LogP contribution in [-0.2, 0) is 5.92 Å². The highest BCUT2D eigenvalue weighted by Gasteiger charge is 2.36. The van der Waals surface area contributed by atoms with Gasteiger partial charge >= 0.3 is 5.97 Å². The largest absolute Gasteiger partial charge is 0.478 e. The van der Waals surface area contributed by atoms with Crippen LogP contribution in [0.25, 0.3) is 5.13 Å². The third-order valence-corrected chi connectivity index (χ3v) is 2.76. The van der Waals surface area contributed by atoms with E-state index in [0.717, 1.165) is 22.2 Å². The van der Waals surface area contributed by atoms with Crippen LogP contribution in [0.4, 0.5) is 8.78 Å². The summed E-state index contributed by atoms with van der Waals surface area (Å²) >= 11 is 1.09. The quantitative estimate of drug-likeness (QED) is 0.916. The highest BCUT2D eigenvalue weighted by atomic mass is 32.1. The molecular formula is C9H7F2N3O2S. The Kier molecular flexibility index (Phi) is 2.66. The van der Waals surface area contributed by atoms with Crippen LogP contribution in [0.2, 0.25) is 0 Å². The number of aromatic carboxylic acids is 1. The van der Waals surface area contributed by atoms with Crippen molar-refractivity contribution in [3.05, 3.63) is 29.0 Å². The van der Waals surface area contributed by atoms with Crippen LogP contribution in [0, 0.1) is 0 Å². The molecule has 0 aromatic carbocycles. The fraction of sp³-hybridized carbons (Fsp3) is 0.222. The first-order chi connectivity index (χ1) is 7.91. The maximum atomic E-state index is 13.4. The van der Waals surface area contributed by atoms with E-state index in [-0.39, 0.29) is 5.13 Å². The van der Waals surface area contributed by atoms with Crippen molar-refractivity contribution in [2.24, 2.45) is 0 Å². The Morgan fingerprint density at radius 1 is 1.59 bits per heavy atom. The van der Waals surface area contributed by atoms with Crippen LogP contribution < -0.4 is 0 Å². The lowest BCUT2D eigenvalue weighted by atomic mass is 10.1. The van der Waals surface area contributed by atoms with Gasteiger partial charge in [0.2, 0.25) is 5.13 Å². The van der Waals surface area contributed by atoms with Crippen molar-refractivity contribution >= 4 is 17.3 Å². The molecule has 0 unspecified atom stereocenters. The molecule has 0 aliphatic carbocycles. The van der Waals surface area contributed by atoms with E-state index in [9.17, 15) is 13.6 Å². The number of aromatic nitrogens is 3. The van der Waals surface area contributed by atoms with E-state index in [0.29, 0.717) is 6.92 Å². The predicted molar refractivity (Wildman–Crippen MR) is 55.8 cm³/mol. The molecule has 5 nitrogen and oxygen atoms in total. The van der Waals surface area contributed by atoms with E-state index in [1.165, 1.54) is 6.20 Å². The van der Waals surface area contributed by atoms with Gasteiger partial charge in [0.1, 0.15) is 11.3 Å². The number of hydrogen-bond acceptors (Lipinski definition) is 4. The molecule has 2 aromatic heterocycles. The van der Waals surface area contributed by atoms with E-state index in [1.54, 1.807) is 5.38 Å². The van der Waals surface area contributed by atoms with Gasteiger partial charge < -0.3 is 5.11 Å². The van der Waals surface area contributed by atoms with Gasteiger partial charge in [0.05, 0.1) is 6.20 Å². The summed E-state index contributed by atoms with van der Waals surface area (Å²) in [6.07, 6.45) is 2.33. The molecule has 0 fully saturated rings. The second-order valence-corrected chi connectivity index (χ2v) is 4.20. The van der Waals surface area contributed by atoms with Crippen molar-refractivity contribution in [2.75, 3.05) is 0 Å². The van der Waals surface area contributed by atoms with E-state index in [2.05, 4.69) is 10.1 Å². The summed E-state index contributed by atoms with van der Waals surface area (Å²) in [5.41, 5.74) is -1.19. The summed E-state index contributed by atoms with van der Waals surface area (Å²) in [5, 5.41) is 14.3. The van der Waals surface area contributed by atoms with Gasteiger partial charge in [-0.05, 0) is 0 Å². The Bertz CT molecular complexity index is 545. The molecule has 0 bridgehead atoms. The summed E-state index contributed by atoms with van der Waals surface area (Å²) in [6, 6.07) is 0. The first kappa shape index (κ1) is 11.6. The number of nitrogens with zero attached hydrogens (tertiary/aromatic N) is 3. The van der Waals surface area contributed by atoms with Gasteiger partial charge in [0.15, 0.2) is 0 Å². The smallest absolute Gasteiger partial charge is 0.339 e. The lowest BCUT2D eigenvalue weighted by Gasteiger charge is -2.12. The normalized spacial score (nSPS) is 11.7. The molecule has 0 amide bonds. The summed E-state index contributed by atoms with van der Waals surface area (Å²) in [6.45, 7) is 0.626. The van der Waals surface area contributed by atoms with Crippen molar-refractivity contribution in [3.63, 3.8) is 0 Å². The summed E-state index contributed by atoms with van der Waals surface area (Å²) in [7, 11) is 0. The molecule has 17 heavy (non-hydrogen) atoms. The zero-order chi connectivity index (χ0) is 12.6. The number of thiazole rings is 1. The van der Waals surface area contributed by atoms with Crippen LogP contribution in [0.3, 0.4) is 0 Å². The lowest BCUT2D eigenvalue weighted by molar-refractivity contribution is 0.00835. The molecule has 0 saturated heterocycles. The monoisotopic (exact) mass is 259 g/mol. The minimum absolute atomic E-state index is 0.203. The zero-order valence-corrected chi connectivity index (χ0v) is 9.41. The summed E-state index contributed by atoms with van der Waals surface area (Å²) < 4.78 is 27.7. The molecule has 2 heterocycles. The maximum absolute atomic E-state index is 13.4. The number of alkyl halides is 2. The third-order valence-electron chi connectivity index (χ3n) is 2.02. The van der Waals surface area contributed by atoms with Crippen molar-refractivity contribution < 1.29 is 18.7 Å². The molecule has 8 heteroatoms. The van der Waals surface area contributed by atoms with E-state index in [4.69, 9.17) is 5.11 Å². The molecule has 0 radical (unpaired) electrons. The molecule has 90 valence electrons. The highest BCUT2D eigenvalue weighted by Crippen LogP contribution is 2.32. The lowest BCUT2D eigenvalue weighted by Crippen LogP contribution is -2.18. The minimum Gasteiger partial charge on any atom is -0.478 e. The number of hydrogen-bond donors (Lipinski definition) is 1. The second kappa shape index (κ2) is 3.88. The van der Waals surface area contributed by atoms with Gasteiger partial charge in [-0.1, -0.05) is 0 Å².